The van der Waals surface area contributed by atoms with Crippen molar-refractivity contribution < 1.29 is 9.53 Å². The molecule has 1 rings (SSSR count). The fourth-order valence-corrected chi connectivity index (χ4v) is 2.50. The average molecular weight is 255 g/mol. The maximum Gasteiger partial charge on any atom is 0.307 e. The van der Waals surface area contributed by atoms with Crippen LogP contribution in [0.2, 0.25) is 0 Å². The van der Waals surface area contributed by atoms with E-state index < -0.39 is 0 Å². The summed E-state index contributed by atoms with van der Waals surface area (Å²) in [4.78, 5) is 11.7. The molecule has 0 bridgehead atoms. The van der Waals surface area contributed by atoms with Gasteiger partial charge in [-0.3, -0.25) is 4.79 Å². The molecule has 3 heteroatoms. The largest absolute Gasteiger partial charge is 0.462 e. The predicted octanol–water partition coefficient (Wildman–Crippen LogP) is 3.28. The molecule has 2 atom stereocenters. The zero-order chi connectivity index (χ0) is 13.6. The average Bonchev–Trinajstić information content (AvgIpc) is 2.27. The molecule has 0 aliphatic heterocycles. The Kier molecular flexibility index (Phi) is 6.13. The Morgan fingerprint density at radius 2 is 2.06 bits per heavy atom. The highest BCUT2D eigenvalue weighted by Gasteiger charge is 2.23. The molecular formula is C15H29NO2. The van der Waals surface area contributed by atoms with Gasteiger partial charge in [-0.05, 0) is 46.0 Å². The van der Waals surface area contributed by atoms with Gasteiger partial charge in [0.2, 0.25) is 0 Å². The van der Waals surface area contributed by atoms with Gasteiger partial charge in [0.25, 0.3) is 0 Å². The molecule has 1 aliphatic rings. The van der Waals surface area contributed by atoms with Crippen LogP contribution in [0.15, 0.2) is 0 Å². The Bertz CT molecular complexity index is 258. The van der Waals surface area contributed by atoms with Crippen molar-refractivity contribution in [2.75, 3.05) is 6.54 Å². The quantitative estimate of drug-likeness (QED) is 0.766. The van der Waals surface area contributed by atoms with Gasteiger partial charge in [0, 0.05) is 12.1 Å². The zero-order valence-electron chi connectivity index (χ0n) is 12.4. The Hall–Kier alpha value is -0.570. The molecule has 0 radical (unpaired) electrons. The molecule has 1 N–H and O–H groups in total. The molecule has 0 aromatic rings. The first-order valence-corrected chi connectivity index (χ1v) is 7.35. The molecule has 1 saturated carbocycles. The van der Waals surface area contributed by atoms with Gasteiger partial charge in [0.15, 0.2) is 0 Å². The van der Waals surface area contributed by atoms with Crippen molar-refractivity contribution in [3.8, 4) is 0 Å². The number of rotatable bonds is 5. The smallest absolute Gasteiger partial charge is 0.307 e. The number of ether oxygens (including phenoxy) is 1. The van der Waals surface area contributed by atoms with Crippen LogP contribution in [0, 0.1) is 5.92 Å². The highest BCUT2D eigenvalue weighted by atomic mass is 16.5. The van der Waals surface area contributed by atoms with Crippen molar-refractivity contribution in [3.63, 3.8) is 0 Å². The van der Waals surface area contributed by atoms with Gasteiger partial charge in [-0.25, -0.2) is 0 Å². The second-order valence-electron chi connectivity index (χ2n) is 6.48. The van der Waals surface area contributed by atoms with Gasteiger partial charge in [-0.2, -0.15) is 0 Å². The van der Waals surface area contributed by atoms with Crippen LogP contribution in [-0.4, -0.2) is 24.2 Å². The van der Waals surface area contributed by atoms with Gasteiger partial charge in [-0.15, -0.1) is 0 Å². The molecule has 18 heavy (non-hydrogen) atoms. The van der Waals surface area contributed by atoms with E-state index in [0.29, 0.717) is 13.0 Å². The normalized spacial score (nSPS) is 24.9. The summed E-state index contributed by atoms with van der Waals surface area (Å²) in [6, 6.07) is 0. The molecule has 0 aromatic carbocycles. The standard InChI is InChI=1S/C15H29NO2/c1-5-12-7-6-8-13(11-12)18-14(17)9-10-16-15(2,3)4/h12-13,16H,5-11H2,1-4H3. The molecule has 0 heterocycles. The summed E-state index contributed by atoms with van der Waals surface area (Å²) < 4.78 is 5.56. The lowest BCUT2D eigenvalue weighted by Gasteiger charge is -2.28. The van der Waals surface area contributed by atoms with Gasteiger partial charge in [0.05, 0.1) is 6.42 Å². The third-order valence-electron chi connectivity index (χ3n) is 3.59. The Morgan fingerprint density at radius 3 is 2.67 bits per heavy atom. The monoisotopic (exact) mass is 255 g/mol. The van der Waals surface area contributed by atoms with Crippen molar-refractivity contribution in [1.82, 2.24) is 5.32 Å². The van der Waals surface area contributed by atoms with E-state index in [9.17, 15) is 4.79 Å². The van der Waals surface area contributed by atoms with Gasteiger partial charge in [0.1, 0.15) is 6.10 Å². The predicted molar refractivity (Wildman–Crippen MR) is 74.5 cm³/mol. The van der Waals surface area contributed by atoms with Crippen LogP contribution in [0.5, 0.6) is 0 Å². The summed E-state index contributed by atoms with van der Waals surface area (Å²) in [5.41, 5.74) is 0.0679. The SMILES string of the molecule is CCC1CCCC(OC(=O)CCNC(C)(C)C)C1. The molecule has 2 unspecified atom stereocenters. The van der Waals surface area contributed by atoms with Crippen molar-refractivity contribution in [2.45, 2.75) is 77.9 Å². The summed E-state index contributed by atoms with van der Waals surface area (Å²) in [7, 11) is 0. The first kappa shape index (κ1) is 15.5. The van der Waals surface area contributed by atoms with Crippen molar-refractivity contribution in [3.05, 3.63) is 0 Å². The van der Waals surface area contributed by atoms with Crippen LogP contribution in [0.25, 0.3) is 0 Å². The van der Waals surface area contributed by atoms with Crippen LogP contribution in [-0.2, 0) is 9.53 Å². The summed E-state index contributed by atoms with van der Waals surface area (Å²) in [5.74, 6) is 0.706. The van der Waals surface area contributed by atoms with E-state index in [1.54, 1.807) is 0 Å². The van der Waals surface area contributed by atoms with E-state index in [1.807, 2.05) is 0 Å². The summed E-state index contributed by atoms with van der Waals surface area (Å²) in [6.07, 6.45) is 6.48. The minimum absolute atomic E-state index is 0.0477. The molecule has 0 aromatic heterocycles. The minimum atomic E-state index is -0.0477. The highest BCUT2D eigenvalue weighted by Crippen LogP contribution is 2.28. The van der Waals surface area contributed by atoms with Crippen molar-refractivity contribution >= 4 is 5.97 Å². The van der Waals surface area contributed by atoms with E-state index in [1.165, 1.54) is 19.3 Å². The number of esters is 1. The molecule has 0 saturated heterocycles. The molecule has 0 amide bonds. The topological polar surface area (TPSA) is 38.3 Å². The van der Waals surface area contributed by atoms with Crippen LogP contribution in [0.1, 0.15) is 66.2 Å². The van der Waals surface area contributed by atoms with E-state index in [0.717, 1.165) is 18.8 Å². The first-order valence-electron chi connectivity index (χ1n) is 7.35. The van der Waals surface area contributed by atoms with Gasteiger partial charge >= 0.3 is 5.97 Å². The summed E-state index contributed by atoms with van der Waals surface area (Å²) in [5, 5.41) is 3.31. The third kappa shape index (κ3) is 6.39. The lowest BCUT2D eigenvalue weighted by molar-refractivity contribution is -0.151. The Balaban J connectivity index is 2.19. The van der Waals surface area contributed by atoms with E-state index in [2.05, 4.69) is 33.0 Å². The van der Waals surface area contributed by atoms with Crippen LogP contribution >= 0.6 is 0 Å². The zero-order valence-corrected chi connectivity index (χ0v) is 12.4. The van der Waals surface area contributed by atoms with Gasteiger partial charge < -0.3 is 10.1 Å². The maximum atomic E-state index is 11.7. The van der Waals surface area contributed by atoms with Crippen molar-refractivity contribution in [2.24, 2.45) is 5.92 Å². The Morgan fingerprint density at radius 1 is 1.33 bits per heavy atom. The molecule has 1 fully saturated rings. The first-order chi connectivity index (χ1) is 8.40. The van der Waals surface area contributed by atoms with Crippen LogP contribution in [0.4, 0.5) is 0 Å². The number of carbonyl (C=O) groups is 1. The highest BCUT2D eigenvalue weighted by molar-refractivity contribution is 5.69. The van der Waals surface area contributed by atoms with Crippen LogP contribution < -0.4 is 5.32 Å². The van der Waals surface area contributed by atoms with Crippen LogP contribution in [0.3, 0.4) is 0 Å². The number of hydrogen-bond donors (Lipinski definition) is 1. The maximum absolute atomic E-state index is 11.7. The lowest BCUT2D eigenvalue weighted by Crippen LogP contribution is -2.37. The number of nitrogens with one attached hydrogen (secondary N) is 1. The van der Waals surface area contributed by atoms with E-state index >= 15 is 0 Å². The van der Waals surface area contributed by atoms with Gasteiger partial charge in [-0.1, -0.05) is 19.8 Å². The third-order valence-corrected chi connectivity index (χ3v) is 3.59. The number of carbonyl (C=O) groups excluding carboxylic acids is 1. The van der Waals surface area contributed by atoms with Crippen molar-refractivity contribution in [1.29, 1.82) is 0 Å². The second kappa shape index (κ2) is 7.13. The molecule has 3 nitrogen and oxygen atoms in total. The lowest BCUT2D eigenvalue weighted by atomic mass is 9.85. The second-order valence-corrected chi connectivity index (χ2v) is 6.48. The fraction of sp³-hybridized carbons (Fsp3) is 0.933. The van der Waals surface area contributed by atoms with E-state index in [4.69, 9.17) is 4.74 Å². The summed E-state index contributed by atoms with van der Waals surface area (Å²) >= 11 is 0. The Labute approximate surface area is 112 Å². The summed E-state index contributed by atoms with van der Waals surface area (Å²) in [6.45, 7) is 9.23. The fourth-order valence-electron chi connectivity index (χ4n) is 2.50. The molecule has 0 spiro atoms. The molecule has 1 aliphatic carbocycles. The van der Waals surface area contributed by atoms with E-state index in [-0.39, 0.29) is 17.6 Å². The molecular weight excluding hydrogens is 226 g/mol. The number of hydrogen-bond acceptors (Lipinski definition) is 3. The minimum Gasteiger partial charge on any atom is -0.462 e. The molecule has 106 valence electrons.